The summed E-state index contributed by atoms with van der Waals surface area (Å²) in [6.45, 7) is 49.8. The molecule has 0 amide bonds. The highest BCUT2D eigenvalue weighted by Gasteiger charge is 2.73. The lowest BCUT2D eigenvalue weighted by Gasteiger charge is -2.66. The quantitative estimate of drug-likeness (QED) is 0.0606. The van der Waals surface area contributed by atoms with Crippen molar-refractivity contribution in [2.24, 2.45) is 219 Å². The molecule has 0 aromatic carbocycles. The van der Waals surface area contributed by atoms with Gasteiger partial charge in [-0.05, 0) is 376 Å². The van der Waals surface area contributed by atoms with Gasteiger partial charge in [-0.25, -0.2) is 10.5 Å². The zero-order chi connectivity index (χ0) is 91.1. The van der Waals surface area contributed by atoms with Crippen molar-refractivity contribution in [2.75, 3.05) is 0 Å². The monoisotopic (exact) mass is 1760 g/mol. The van der Waals surface area contributed by atoms with Crippen LogP contribution in [0.4, 0.5) is 0 Å². The van der Waals surface area contributed by atoms with Crippen LogP contribution in [0, 0.1) is 209 Å². The Morgan fingerprint density at radius 3 is 0.921 bits per heavy atom. The number of hydrogen-bond acceptors (Lipinski definition) is 18. The predicted octanol–water partition coefficient (Wildman–Crippen LogP) is 18.4. The van der Waals surface area contributed by atoms with Crippen LogP contribution in [0.25, 0.3) is 0 Å². The zero-order valence-electron chi connectivity index (χ0n) is 82.1. The van der Waals surface area contributed by atoms with E-state index in [0.717, 1.165) is 179 Å². The van der Waals surface area contributed by atoms with Crippen LogP contribution in [0.3, 0.4) is 0 Å². The standard InChI is InChI=1S/C28H46N2O4.C27H45N3O3.C27H48O3.C26H46O3/c1-6-18-21-13-17(31)11-12-27(21,4)25-22(32)14-28(5)19(8-9-20(28)24(25)26(18)33)15(2)7-10-23-29-16(3)34-30-23;1-6-17-20-12-16(31)9-10-26(20,4)24-21(32)13-27(5)18(7-8-19(27)23(24)25(17)33)14(2)11-22-28-15(3)29-30-22;1-6-8-9-16(3)19-10-11-20-23-24(22(29)15-27(19,20)5)26(4)13-12-17(28)14-21(26)18(7-2)25(23)30;1-6-8-15(3)18-9-10-19-22-23(21(28)14-26(18,19)5)25(4)12-11-16(27)13-20(25)17(7-2)24(22)29/h15,17-22,24-26,31-33H,3,6-14H2,1-2,4-5H3,(H,29,30);14,16-21,23-25,29,31-33H,3,6-13H2,1-2,4-5H3,(H,28,30);16-25,28-30H,6-15H2,1-5H3;15-24,27-29H,6-14H2,1-5H3/t15-,17-,18-,19-,20?,21+,22+,24?,25?,26-,27+,28-;14-,16-,17-,18-,19?,20+,21+,23?,24?,25-,26+,27-;16-,17-,18-,19-,20?,21+,22+,23?,24?,25-,26+,27-;15-,16-,17-,18-,19?,20+,21+,22?,23?,24-,25+,26-/m1111/s1. The van der Waals surface area contributed by atoms with Gasteiger partial charge in [0.2, 0.25) is 5.88 Å². The molecule has 0 aromatic rings. The van der Waals surface area contributed by atoms with Gasteiger partial charge in [0.1, 0.15) is 17.5 Å². The van der Waals surface area contributed by atoms with E-state index in [9.17, 15) is 61.3 Å². The summed E-state index contributed by atoms with van der Waals surface area (Å²) in [7, 11) is 0. The van der Waals surface area contributed by atoms with Crippen molar-refractivity contribution in [3.63, 3.8) is 0 Å². The molecule has 16 fully saturated rings. The summed E-state index contributed by atoms with van der Waals surface area (Å²) >= 11 is 0. The van der Waals surface area contributed by atoms with E-state index in [4.69, 9.17) is 4.84 Å². The number of unbranched alkanes of at least 4 members (excludes halogenated alkanes) is 1. The first-order valence-corrected chi connectivity index (χ1v) is 53.2. The Morgan fingerprint density at radius 1 is 0.349 bits per heavy atom. The lowest BCUT2D eigenvalue weighted by atomic mass is 9.40. The van der Waals surface area contributed by atoms with Gasteiger partial charge in [0.15, 0.2) is 0 Å². The van der Waals surface area contributed by atoms with Gasteiger partial charge in [-0.3, -0.25) is 10.9 Å². The van der Waals surface area contributed by atoms with Crippen LogP contribution in [0.5, 0.6) is 0 Å². The third-order valence-corrected chi connectivity index (χ3v) is 44.6. The van der Waals surface area contributed by atoms with Crippen LogP contribution in [0.2, 0.25) is 0 Å². The fourth-order valence-corrected chi connectivity index (χ4v) is 39.5. The molecular weight excluding hydrogens is 1580 g/mol. The van der Waals surface area contributed by atoms with Gasteiger partial charge in [0.25, 0.3) is 0 Å². The first-order chi connectivity index (χ1) is 59.6. The topological polar surface area (TPSA) is 313 Å². The highest BCUT2D eigenvalue weighted by Crippen LogP contribution is 2.76. The molecule has 16 aliphatic carbocycles. The summed E-state index contributed by atoms with van der Waals surface area (Å²) in [6.07, 6.45) is 32.7. The lowest BCUT2D eigenvalue weighted by molar-refractivity contribution is -0.235. The molecule has 0 aromatic heterocycles. The fourth-order valence-electron chi connectivity index (χ4n) is 39.5. The van der Waals surface area contributed by atoms with E-state index in [0.29, 0.717) is 106 Å². The van der Waals surface area contributed by atoms with E-state index in [1.54, 1.807) is 0 Å². The van der Waals surface area contributed by atoms with E-state index >= 15 is 0 Å². The first-order valence-electron chi connectivity index (χ1n) is 53.2. The van der Waals surface area contributed by atoms with Crippen molar-refractivity contribution >= 4 is 11.7 Å². The Morgan fingerprint density at radius 2 is 0.651 bits per heavy atom. The van der Waals surface area contributed by atoms with Gasteiger partial charge < -0.3 is 66.1 Å². The molecule has 720 valence electrons. The van der Waals surface area contributed by atoms with E-state index in [1.807, 2.05) is 0 Å². The summed E-state index contributed by atoms with van der Waals surface area (Å²) in [5, 5.41) is 136. The minimum absolute atomic E-state index is 0.00276. The van der Waals surface area contributed by atoms with Gasteiger partial charge in [-0.2, -0.15) is 4.99 Å². The molecule has 0 radical (unpaired) electrons. The van der Waals surface area contributed by atoms with Crippen LogP contribution >= 0.6 is 0 Å². The van der Waals surface area contributed by atoms with Gasteiger partial charge >= 0.3 is 0 Å². The van der Waals surface area contributed by atoms with Crippen molar-refractivity contribution in [1.82, 2.24) is 16.3 Å². The zero-order valence-corrected chi connectivity index (χ0v) is 82.1. The number of aliphatic hydroxyl groups is 12. The van der Waals surface area contributed by atoms with Crippen LogP contribution in [0.1, 0.15) is 356 Å². The van der Waals surface area contributed by atoms with E-state index in [1.165, 1.54) is 64.2 Å². The summed E-state index contributed by atoms with van der Waals surface area (Å²) < 4.78 is 0. The molecule has 18 aliphatic rings. The molecule has 16 saturated carbocycles. The second-order valence-electron chi connectivity index (χ2n) is 50.1. The number of nitrogens with one attached hydrogen (secondary N) is 3. The second-order valence-corrected chi connectivity index (χ2v) is 50.1. The molecule has 18 nitrogen and oxygen atoms in total. The van der Waals surface area contributed by atoms with Crippen molar-refractivity contribution in [3.8, 4) is 0 Å². The minimum Gasteiger partial charge on any atom is -0.393 e. The number of nitrogens with zero attached hydrogens (tertiary/aromatic N) is 2. The first kappa shape index (κ1) is 98.1. The highest BCUT2D eigenvalue weighted by molar-refractivity contribution is 5.84. The molecule has 12 unspecified atom stereocenters. The molecule has 0 bridgehead atoms. The van der Waals surface area contributed by atoms with E-state index in [2.05, 4.69) is 164 Å². The number of hydroxylamine groups is 1. The highest BCUT2D eigenvalue weighted by atomic mass is 16.7. The molecule has 18 rings (SSSR count). The SMILES string of the molecule is C=C1N=C(CC[C@@H](C)[C@H]2CCC3C4C([C@@H](O)C[C@@]32C)[C@@]2(C)CC[C@@H](O)C[C@H]2[C@@H](CC)[C@H]4O)NO1.C=C1N=C(C[C@@H](C)[C@H]2CCC3C4C([C@@H](O)C[C@@]32C)[C@@]2(C)CC[C@@H](O)C[C@H]2[C@@H](CC)[C@H]4O)NN1.CCCC[C@@H](C)[C@H]1CCC2C3C([C@@H](O)C[C@@]21C)[C@@]1(C)CC[C@@H](O)C[C@H]1[C@@H](CC)[C@H]3O.CCC[C@@H](C)[C@H]1CCC2C3C([C@@H](O)C[C@@]21C)[C@@]1(C)CC[C@@H](O)C[C@H]1[C@@H](CC)[C@H]3O. The number of amidine groups is 2. The Labute approximate surface area is 762 Å². The summed E-state index contributed by atoms with van der Waals surface area (Å²) in [5.74, 6) is 13.2. The summed E-state index contributed by atoms with van der Waals surface area (Å²) in [5.41, 5.74) is 9.51. The van der Waals surface area contributed by atoms with Crippen molar-refractivity contribution in [1.29, 1.82) is 0 Å². The normalized spacial score (nSPS) is 53.1. The number of aliphatic hydroxyl groups excluding tert-OH is 12. The van der Waals surface area contributed by atoms with Crippen molar-refractivity contribution in [3.05, 3.63) is 24.9 Å². The Balaban J connectivity index is 0.000000130. The predicted molar refractivity (Wildman–Crippen MR) is 501 cm³/mol. The molecule has 126 heavy (non-hydrogen) atoms. The largest absolute Gasteiger partial charge is 0.393 e. The van der Waals surface area contributed by atoms with Crippen LogP contribution < -0.4 is 16.3 Å². The number of rotatable bonds is 18. The van der Waals surface area contributed by atoms with Crippen molar-refractivity contribution in [2.45, 2.75) is 429 Å². The minimum atomic E-state index is -0.386. The molecule has 2 aliphatic heterocycles. The van der Waals surface area contributed by atoms with Crippen molar-refractivity contribution < 1.29 is 66.1 Å². The number of hydrazine groups is 1. The molecular formula is C108H185N5O13. The molecule has 15 N–H and O–H groups in total. The molecule has 0 spiro atoms. The Bertz CT molecular complexity index is 3790. The van der Waals surface area contributed by atoms with E-state index < -0.39 is 0 Å². The third kappa shape index (κ3) is 16.5. The fraction of sp³-hybridized carbons (Fsp3) is 0.944. The maximum absolute atomic E-state index is 11.8. The second kappa shape index (κ2) is 37.6. The van der Waals surface area contributed by atoms with Crippen LogP contribution in [-0.4, -0.2) is 146 Å². The molecule has 2 heterocycles. The van der Waals surface area contributed by atoms with Gasteiger partial charge in [-0.1, -0.05) is 189 Å². The molecule has 0 saturated heterocycles. The molecule has 48 atom stereocenters. The van der Waals surface area contributed by atoms with Crippen LogP contribution in [0.15, 0.2) is 34.8 Å². The number of hydrogen-bond donors (Lipinski definition) is 15. The van der Waals surface area contributed by atoms with E-state index in [-0.39, 0.29) is 188 Å². The average molecular weight is 1760 g/mol. The van der Waals surface area contributed by atoms with Gasteiger partial charge in [0.05, 0.1) is 73.2 Å². The molecule has 18 heteroatoms. The summed E-state index contributed by atoms with van der Waals surface area (Å²) in [4.78, 5) is 14.0. The maximum atomic E-state index is 11.8. The smallest absolute Gasteiger partial charge is 0.240 e. The number of fused-ring (bicyclic) bond motifs is 20. The maximum Gasteiger partial charge on any atom is 0.240 e. The Kier molecular flexibility index (Phi) is 29.2. The third-order valence-electron chi connectivity index (χ3n) is 44.6. The number of aliphatic imine (C=N–C) groups is 2. The van der Waals surface area contributed by atoms with Gasteiger partial charge in [-0.15, -0.1) is 0 Å². The van der Waals surface area contributed by atoms with Crippen LogP contribution in [-0.2, 0) is 4.84 Å². The summed E-state index contributed by atoms with van der Waals surface area (Å²) in [6, 6.07) is 0. The lowest BCUT2D eigenvalue weighted by Crippen LogP contribution is -2.65. The Hall–Kier alpha value is -2.46. The average Bonchev–Trinajstić information content (AvgIpc) is 1.15. The van der Waals surface area contributed by atoms with Gasteiger partial charge in [0, 0.05) is 12.8 Å².